The lowest BCUT2D eigenvalue weighted by Gasteiger charge is -2.12. The first-order valence-corrected chi connectivity index (χ1v) is 7.87. The molecule has 0 saturated heterocycles. The number of hydrogen-bond acceptors (Lipinski definition) is 4. The zero-order valence-corrected chi connectivity index (χ0v) is 13.8. The summed E-state index contributed by atoms with van der Waals surface area (Å²) in [5.74, 6) is 0.299. The van der Waals surface area contributed by atoms with Gasteiger partial charge in [-0.25, -0.2) is 4.98 Å². The number of rotatable bonds is 3. The highest BCUT2D eigenvalue weighted by atomic mass is 32.1. The Morgan fingerprint density at radius 1 is 1.21 bits per heavy atom. The predicted molar refractivity (Wildman–Crippen MR) is 96.3 cm³/mol. The van der Waals surface area contributed by atoms with E-state index in [0.29, 0.717) is 34.2 Å². The maximum absolute atomic E-state index is 12.6. The van der Waals surface area contributed by atoms with Gasteiger partial charge in [-0.15, -0.1) is 0 Å². The van der Waals surface area contributed by atoms with Crippen LogP contribution in [0.3, 0.4) is 0 Å². The Morgan fingerprint density at radius 2 is 2.04 bits per heavy atom. The average Bonchev–Trinajstić information content (AvgIpc) is 3.13. The molecule has 6 nitrogen and oxygen atoms in total. The molecule has 7 heteroatoms. The number of para-hydroxylation sites is 1. The van der Waals surface area contributed by atoms with Crippen LogP contribution in [-0.4, -0.2) is 22.5 Å². The second-order valence-electron chi connectivity index (χ2n) is 4.99. The van der Waals surface area contributed by atoms with E-state index in [9.17, 15) is 4.79 Å². The predicted octanol–water partition coefficient (Wildman–Crippen LogP) is 2.62. The number of benzene rings is 1. The second-order valence-corrected chi connectivity index (χ2v) is 5.40. The van der Waals surface area contributed by atoms with Crippen molar-refractivity contribution in [3.8, 4) is 11.5 Å². The van der Waals surface area contributed by atoms with Crippen LogP contribution < -0.4 is 16.2 Å². The summed E-state index contributed by atoms with van der Waals surface area (Å²) in [7, 11) is 0. The minimum absolute atomic E-state index is 0.304. The molecule has 0 bridgehead atoms. The number of nitrogens with zero attached hydrogens (tertiary/aromatic N) is 1. The molecule has 0 aliphatic rings. The van der Waals surface area contributed by atoms with E-state index in [-0.39, 0.29) is 5.91 Å². The highest BCUT2D eigenvalue weighted by Crippen LogP contribution is 2.25. The Balaban J connectivity index is 1.96. The van der Waals surface area contributed by atoms with Gasteiger partial charge in [-0.1, -0.05) is 18.2 Å². The molecular formula is C17H16N4O2S. The summed E-state index contributed by atoms with van der Waals surface area (Å²) in [6.45, 7) is 2.59. The van der Waals surface area contributed by atoms with Crippen molar-refractivity contribution in [2.75, 3.05) is 6.54 Å². The summed E-state index contributed by atoms with van der Waals surface area (Å²) in [4.78, 5) is 17.1. The lowest BCUT2D eigenvalue weighted by molar-refractivity contribution is 0.0945. The number of hydrogen-bond donors (Lipinski definition) is 3. The number of carbonyl (C=O) groups excluding carboxylic acids is 1. The number of carbonyl (C=O) groups is 1. The molecule has 0 aliphatic heterocycles. The molecule has 2 aromatic heterocycles. The monoisotopic (exact) mass is 340 g/mol. The summed E-state index contributed by atoms with van der Waals surface area (Å²) in [5, 5.41) is 4.01. The van der Waals surface area contributed by atoms with Crippen LogP contribution in [0.2, 0.25) is 0 Å². The SMILES string of the molecule is CCNC(=S)NNC(=O)c1cc(-c2ccco2)nc2ccccc12. The normalized spacial score (nSPS) is 10.4. The smallest absolute Gasteiger partial charge is 0.270 e. The standard InChI is InChI=1S/C17H16N4O2S/c1-2-18-17(24)21-20-16(22)12-10-14(15-8-5-9-23-15)19-13-7-4-3-6-11(12)13/h3-10H,2H2,1H3,(H,20,22)(H2,18,21,24). The number of furan rings is 1. The van der Waals surface area contributed by atoms with Gasteiger partial charge in [-0.05, 0) is 43.4 Å². The molecule has 2 heterocycles. The topological polar surface area (TPSA) is 79.2 Å². The van der Waals surface area contributed by atoms with Crippen molar-refractivity contribution >= 4 is 34.1 Å². The van der Waals surface area contributed by atoms with Gasteiger partial charge in [0.2, 0.25) is 0 Å². The van der Waals surface area contributed by atoms with E-state index in [1.54, 1.807) is 24.5 Å². The molecule has 0 radical (unpaired) electrons. The summed E-state index contributed by atoms with van der Waals surface area (Å²) in [6, 6.07) is 12.7. The largest absolute Gasteiger partial charge is 0.463 e. The highest BCUT2D eigenvalue weighted by Gasteiger charge is 2.15. The maximum Gasteiger partial charge on any atom is 0.270 e. The third-order valence-corrected chi connectivity index (χ3v) is 3.61. The first-order valence-electron chi connectivity index (χ1n) is 7.47. The van der Waals surface area contributed by atoms with Gasteiger partial charge in [-0.2, -0.15) is 0 Å². The zero-order chi connectivity index (χ0) is 16.9. The number of aromatic nitrogens is 1. The van der Waals surface area contributed by atoms with Gasteiger partial charge in [0, 0.05) is 11.9 Å². The third kappa shape index (κ3) is 3.36. The molecule has 0 unspecified atom stereocenters. The molecule has 0 atom stereocenters. The van der Waals surface area contributed by atoms with Gasteiger partial charge in [0.15, 0.2) is 10.9 Å². The van der Waals surface area contributed by atoms with Crippen LogP contribution in [0.15, 0.2) is 53.1 Å². The minimum Gasteiger partial charge on any atom is -0.463 e. The van der Waals surface area contributed by atoms with Crippen LogP contribution in [0, 0.1) is 0 Å². The van der Waals surface area contributed by atoms with E-state index in [1.807, 2.05) is 31.2 Å². The van der Waals surface area contributed by atoms with Gasteiger partial charge in [0.05, 0.1) is 17.3 Å². The van der Waals surface area contributed by atoms with Crippen molar-refractivity contribution in [3.63, 3.8) is 0 Å². The lowest BCUT2D eigenvalue weighted by Crippen LogP contribution is -2.46. The van der Waals surface area contributed by atoms with Crippen molar-refractivity contribution in [3.05, 3.63) is 54.3 Å². The van der Waals surface area contributed by atoms with Gasteiger partial charge >= 0.3 is 0 Å². The molecule has 3 aromatic rings. The van der Waals surface area contributed by atoms with E-state index >= 15 is 0 Å². The number of nitrogens with one attached hydrogen (secondary N) is 3. The summed E-state index contributed by atoms with van der Waals surface area (Å²) in [6.07, 6.45) is 1.57. The van der Waals surface area contributed by atoms with E-state index in [4.69, 9.17) is 16.6 Å². The summed E-state index contributed by atoms with van der Waals surface area (Å²) in [5.41, 5.74) is 7.07. The van der Waals surface area contributed by atoms with Gasteiger partial charge in [0.25, 0.3) is 5.91 Å². The molecule has 24 heavy (non-hydrogen) atoms. The Kier molecular flexibility index (Phi) is 4.72. The molecule has 1 aromatic carbocycles. The lowest BCUT2D eigenvalue weighted by atomic mass is 10.1. The maximum atomic E-state index is 12.6. The quantitative estimate of drug-likeness (QED) is 0.502. The number of amides is 1. The molecule has 0 saturated carbocycles. The van der Waals surface area contributed by atoms with Crippen LogP contribution in [0.5, 0.6) is 0 Å². The Bertz CT molecular complexity index is 877. The molecule has 3 N–H and O–H groups in total. The van der Waals surface area contributed by atoms with Crippen molar-refractivity contribution in [1.82, 2.24) is 21.2 Å². The van der Waals surface area contributed by atoms with E-state index in [1.165, 1.54) is 0 Å². The summed E-state index contributed by atoms with van der Waals surface area (Å²) >= 11 is 5.04. The number of thiocarbonyl (C=S) groups is 1. The zero-order valence-electron chi connectivity index (χ0n) is 13.0. The van der Waals surface area contributed by atoms with E-state index in [0.717, 1.165) is 5.39 Å². The molecule has 3 rings (SSSR count). The summed E-state index contributed by atoms with van der Waals surface area (Å²) < 4.78 is 5.39. The molecule has 1 amide bonds. The Labute approximate surface area is 144 Å². The number of fused-ring (bicyclic) bond motifs is 1. The van der Waals surface area contributed by atoms with Crippen LogP contribution in [0.4, 0.5) is 0 Å². The third-order valence-electron chi connectivity index (χ3n) is 3.36. The molecule has 0 aliphatic carbocycles. The van der Waals surface area contributed by atoms with Crippen LogP contribution in [0.1, 0.15) is 17.3 Å². The molecule has 0 fully saturated rings. The van der Waals surface area contributed by atoms with E-state index in [2.05, 4.69) is 21.2 Å². The van der Waals surface area contributed by atoms with Gasteiger partial charge in [0.1, 0.15) is 5.69 Å². The Hall–Kier alpha value is -2.93. The van der Waals surface area contributed by atoms with E-state index < -0.39 is 0 Å². The molecule has 0 spiro atoms. The Morgan fingerprint density at radius 3 is 2.79 bits per heavy atom. The van der Waals surface area contributed by atoms with Crippen LogP contribution in [-0.2, 0) is 0 Å². The first-order chi connectivity index (χ1) is 11.7. The van der Waals surface area contributed by atoms with Crippen molar-refractivity contribution < 1.29 is 9.21 Å². The fourth-order valence-electron chi connectivity index (χ4n) is 2.30. The fourth-order valence-corrected chi connectivity index (χ4v) is 2.49. The van der Waals surface area contributed by atoms with Crippen molar-refractivity contribution in [1.29, 1.82) is 0 Å². The van der Waals surface area contributed by atoms with Gasteiger partial charge in [-0.3, -0.25) is 15.6 Å². The average molecular weight is 340 g/mol. The van der Waals surface area contributed by atoms with Crippen LogP contribution in [0.25, 0.3) is 22.4 Å². The van der Waals surface area contributed by atoms with Crippen molar-refractivity contribution in [2.24, 2.45) is 0 Å². The van der Waals surface area contributed by atoms with Gasteiger partial charge < -0.3 is 9.73 Å². The minimum atomic E-state index is -0.304. The first kappa shape index (κ1) is 15.9. The molecule has 122 valence electrons. The fraction of sp³-hybridized carbons (Fsp3) is 0.118. The van der Waals surface area contributed by atoms with Crippen LogP contribution >= 0.6 is 12.2 Å². The number of hydrazine groups is 1. The highest BCUT2D eigenvalue weighted by molar-refractivity contribution is 7.80. The number of pyridine rings is 1. The molecular weight excluding hydrogens is 324 g/mol. The second kappa shape index (κ2) is 7.10. The van der Waals surface area contributed by atoms with Crippen molar-refractivity contribution in [2.45, 2.75) is 6.92 Å².